The van der Waals surface area contributed by atoms with Gasteiger partial charge in [0.1, 0.15) is 6.61 Å². The summed E-state index contributed by atoms with van der Waals surface area (Å²) in [5, 5.41) is 10.1. The average molecular weight is 350 g/mol. The Balaban J connectivity index is 2.03. The first kappa shape index (κ1) is 18.4. The van der Waals surface area contributed by atoms with Crippen molar-refractivity contribution in [3.63, 3.8) is 0 Å². The molecule has 6 nitrogen and oxygen atoms in total. The van der Waals surface area contributed by atoms with Crippen molar-refractivity contribution in [2.45, 2.75) is 12.5 Å². The summed E-state index contributed by atoms with van der Waals surface area (Å²) < 4.78 is 26.9. The van der Waals surface area contributed by atoms with Crippen molar-refractivity contribution in [2.24, 2.45) is 0 Å². The molecule has 0 aliphatic heterocycles. The maximum Gasteiger partial charge on any atom is 0.362 e. The summed E-state index contributed by atoms with van der Waals surface area (Å²) in [6.45, 7) is 0.173. The minimum atomic E-state index is -3.65. The zero-order valence-corrected chi connectivity index (χ0v) is 14.3. The molecule has 0 radical (unpaired) electrons. The van der Waals surface area contributed by atoms with Crippen LogP contribution in [0.25, 0.3) is 0 Å². The highest BCUT2D eigenvalue weighted by molar-refractivity contribution is 7.53. The molecule has 0 bridgehead atoms. The third-order valence-corrected chi connectivity index (χ3v) is 5.38. The number of carbonyl (C=O) groups is 1. The van der Waals surface area contributed by atoms with Gasteiger partial charge in [0.05, 0.1) is 5.56 Å². The monoisotopic (exact) mass is 350 g/mol. The summed E-state index contributed by atoms with van der Waals surface area (Å²) in [7, 11) is -1.25. The zero-order valence-electron chi connectivity index (χ0n) is 13.4. The second-order valence-electron chi connectivity index (χ2n) is 4.96. The van der Waals surface area contributed by atoms with E-state index in [-0.39, 0.29) is 6.61 Å². The lowest BCUT2D eigenvalue weighted by atomic mass is 10.1. The molecule has 0 aliphatic carbocycles. The van der Waals surface area contributed by atoms with Gasteiger partial charge in [-0.05, 0) is 23.3 Å². The van der Waals surface area contributed by atoms with Crippen LogP contribution in [0, 0.1) is 0 Å². The third kappa shape index (κ3) is 4.30. The molecule has 0 heterocycles. The molecule has 0 saturated heterocycles. The van der Waals surface area contributed by atoms with Crippen LogP contribution in [0.2, 0.25) is 0 Å². The smallest absolute Gasteiger partial charge is 0.362 e. The van der Waals surface area contributed by atoms with Crippen LogP contribution in [0.3, 0.4) is 0 Å². The van der Waals surface area contributed by atoms with Gasteiger partial charge in [0, 0.05) is 14.2 Å². The molecule has 0 spiro atoms. The highest BCUT2D eigenvalue weighted by Gasteiger charge is 2.33. The number of benzene rings is 2. The van der Waals surface area contributed by atoms with Gasteiger partial charge in [-0.15, -0.1) is 0 Å². The Morgan fingerprint density at radius 2 is 1.62 bits per heavy atom. The summed E-state index contributed by atoms with van der Waals surface area (Å²) >= 11 is 0. The van der Waals surface area contributed by atoms with Crippen molar-refractivity contribution in [3.05, 3.63) is 71.3 Å². The average Bonchev–Trinajstić information content (AvgIpc) is 2.65. The first-order valence-corrected chi connectivity index (χ1v) is 8.81. The van der Waals surface area contributed by atoms with Crippen LogP contribution in [0.1, 0.15) is 27.3 Å². The van der Waals surface area contributed by atoms with E-state index in [2.05, 4.69) is 0 Å². The van der Waals surface area contributed by atoms with E-state index < -0.39 is 19.4 Å². The lowest BCUT2D eigenvalue weighted by Crippen LogP contribution is -2.07. The molecule has 128 valence electrons. The van der Waals surface area contributed by atoms with E-state index in [4.69, 9.17) is 13.8 Å². The van der Waals surface area contributed by atoms with Gasteiger partial charge in [0.25, 0.3) is 0 Å². The maximum absolute atomic E-state index is 12.1. The van der Waals surface area contributed by atoms with E-state index in [1.165, 1.54) is 38.5 Å². The minimum absolute atomic E-state index is 0.173. The van der Waals surface area contributed by atoms with Crippen molar-refractivity contribution < 1.29 is 28.3 Å². The van der Waals surface area contributed by atoms with Gasteiger partial charge in [-0.2, -0.15) is 0 Å². The van der Waals surface area contributed by atoms with E-state index in [1.807, 2.05) is 30.3 Å². The fourth-order valence-electron chi connectivity index (χ4n) is 2.05. The SMILES string of the molecule is COP(=O)(OC)C(O)c1ccc(C(=O)OCc2ccccc2)cc1. The van der Waals surface area contributed by atoms with Crippen molar-refractivity contribution in [2.75, 3.05) is 14.2 Å². The van der Waals surface area contributed by atoms with E-state index in [9.17, 15) is 14.5 Å². The lowest BCUT2D eigenvalue weighted by molar-refractivity contribution is 0.0472. The normalized spacial score (nSPS) is 12.6. The maximum atomic E-state index is 12.1. The molecule has 0 aliphatic rings. The van der Waals surface area contributed by atoms with Crippen LogP contribution in [-0.2, 0) is 25.0 Å². The summed E-state index contributed by atoms with van der Waals surface area (Å²) in [6, 6.07) is 15.3. The number of hydrogen-bond acceptors (Lipinski definition) is 6. The zero-order chi connectivity index (χ0) is 17.6. The number of aliphatic hydroxyl groups excluding tert-OH is 1. The Hall–Kier alpha value is -1.98. The third-order valence-electron chi connectivity index (χ3n) is 3.47. The van der Waals surface area contributed by atoms with E-state index >= 15 is 0 Å². The highest BCUT2D eigenvalue weighted by atomic mass is 31.2. The first-order chi connectivity index (χ1) is 11.5. The predicted molar refractivity (Wildman–Crippen MR) is 88.6 cm³/mol. The fourth-order valence-corrected chi connectivity index (χ4v) is 3.14. The Morgan fingerprint density at radius 1 is 1.04 bits per heavy atom. The Kier molecular flexibility index (Phi) is 6.29. The molecule has 1 N–H and O–H groups in total. The molecule has 1 unspecified atom stereocenters. The van der Waals surface area contributed by atoms with Gasteiger partial charge in [-0.1, -0.05) is 42.5 Å². The van der Waals surface area contributed by atoms with Gasteiger partial charge < -0.3 is 18.9 Å². The molecule has 2 aromatic carbocycles. The fraction of sp³-hybridized carbons (Fsp3) is 0.235. The van der Waals surface area contributed by atoms with Gasteiger partial charge in [-0.3, -0.25) is 4.57 Å². The molecule has 7 heteroatoms. The molecule has 2 rings (SSSR count). The van der Waals surface area contributed by atoms with Gasteiger partial charge in [0.2, 0.25) is 0 Å². The van der Waals surface area contributed by atoms with Crippen molar-refractivity contribution in [1.29, 1.82) is 0 Å². The van der Waals surface area contributed by atoms with Crippen molar-refractivity contribution in [3.8, 4) is 0 Å². The van der Waals surface area contributed by atoms with Crippen LogP contribution in [0.15, 0.2) is 54.6 Å². The van der Waals surface area contributed by atoms with Crippen LogP contribution in [0.5, 0.6) is 0 Å². The quantitative estimate of drug-likeness (QED) is 0.608. The molecule has 0 aromatic heterocycles. The predicted octanol–water partition coefficient (Wildman–Crippen LogP) is 3.52. The molecule has 0 saturated carbocycles. The summed E-state index contributed by atoms with van der Waals surface area (Å²) in [6.07, 6.45) is 0. The molecule has 1 atom stereocenters. The topological polar surface area (TPSA) is 82.1 Å². The number of aliphatic hydroxyl groups is 1. The molecule has 0 amide bonds. The molecule has 0 fully saturated rings. The second-order valence-corrected chi connectivity index (χ2v) is 7.26. The summed E-state index contributed by atoms with van der Waals surface area (Å²) in [5.74, 6) is -1.91. The molecule has 24 heavy (non-hydrogen) atoms. The second kappa shape index (κ2) is 8.22. The summed E-state index contributed by atoms with van der Waals surface area (Å²) in [4.78, 5) is 12.0. The van der Waals surface area contributed by atoms with Crippen molar-refractivity contribution >= 4 is 13.6 Å². The standard InChI is InChI=1S/C17H19O6P/c1-21-24(20,22-2)17(19)15-10-8-14(9-11-15)16(18)23-12-13-6-4-3-5-7-13/h3-11,17,19H,12H2,1-2H3. The van der Waals surface area contributed by atoms with Crippen molar-refractivity contribution in [1.82, 2.24) is 0 Å². The van der Waals surface area contributed by atoms with E-state index in [0.29, 0.717) is 11.1 Å². The molecule has 2 aromatic rings. The molecular formula is C17H19O6P. The number of hydrogen-bond donors (Lipinski definition) is 1. The Labute approximate surface area is 140 Å². The lowest BCUT2D eigenvalue weighted by Gasteiger charge is -2.20. The largest absolute Gasteiger partial charge is 0.457 e. The summed E-state index contributed by atoms with van der Waals surface area (Å²) in [5.41, 5.74) is 1.53. The van der Waals surface area contributed by atoms with Gasteiger partial charge in [-0.25, -0.2) is 4.79 Å². The molecular weight excluding hydrogens is 331 g/mol. The van der Waals surface area contributed by atoms with Crippen LogP contribution in [-0.4, -0.2) is 25.3 Å². The van der Waals surface area contributed by atoms with Crippen LogP contribution >= 0.6 is 7.60 Å². The Bertz CT molecular complexity index is 706. The van der Waals surface area contributed by atoms with Gasteiger partial charge >= 0.3 is 13.6 Å². The number of esters is 1. The van der Waals surface area contributed by atoms with Gasteiger partial charge in [0.15, 0.2) is 5.85 Å². The number of carbonyl (C=O) groups excluding carboxylic acids is 1. The minimum Gasteiger partial charge on any atom is -0.457 e. The Morgan fingerprint density at radius 3 is 2.17 bits per heavy atom. The number of rotatable bonds is 7. The first-order valence-electron chi connectivity index (χ1n) is 7.20. The highest BCUT2D eigenvalue weighted by Crippen LogP contribution is 2.58. The number of ether oxygens (including phenoxy) is 1. The van der Waals surface area contributed by atoms with E-state index in [0.717, 1.165) is 5.56 Å². The van der Waals surface area contributed by atoms with Crippen LogP contribution in [0.4, 0.5) is 0 Å². The van der Waals surface area contributed by atoms with E-state index in [1.54, 1.807) is 0 Å². The van der Waals surface area contributed by atoms with Crippen LogP contribution < -0.4 is 0 Å².